The number of anilines is 1. The molecule has 0 fully saturated rings. The highest BCUT2D eigenvalue weighted by atomic mass is 32.2. The molecule has 0 heterocycles. The summed E-state index contributed by atoms with van der Waals surface area (Å²) in [5.74, 6) is -0.527. The first-order valence-electron chi connectivity index (χ1n) is 9.58. The van der Waals surface area contributed by atoms with E-state index in [1.165, 1.54) is 24.3 Å². The Hall–Kier alpha value is -3.19. The van der Waals surface area contributed by atoms with Crippen LogP contribution in [-0.2, 0) is 10.0 Å². The van der Waals surface area contributed by atoms with E-state index in [0.717, 1.165) is 17.5 Å². The minimum atomic E-state index is -3.79. The highest BCUT2D eigenvalue weighted by Gasteiger charge is 2.15. The second-order valence-corrected chi connectivity index (χ2v) is 8.68. The molecule has 0 bridgehead atoms. The lowest BCUT2D eigenvalue weighted by Crippen LogP contribution is -2.31. The first-order valence-corrected chi connectivity index (χ1v) is 11.1. The molecule has 0 aliphatic carbocycles. The minimum absolute atomic E-state index is 0.0635. The topological polar surface area (TPSA) is 75.3 Å². The Morgan fingerprint density at radius 2 is 1.43 bits per heavy atom. The summed E-state index contributed by atoms with van der Waals surface area (Å²) < 4.78 is 40.9. The van der Waals surface area contributed by atoms with Crippen LogP contribution < -0.4 is 10.0 Å². The Morgan fingerprint density at radius 1 is 0.900 bits per heavy atom. The van der Waals surface area contributed by atoms with E-state index in [1.54, 1.807) is 48.5 Å². The summed E-state index contributed by atoms with van der Waals surface area (Å²) in [6.07, 6.45) is 0.823. The van der Waals surface area contributed by atoms with Crippen LogP contribution in [0.3, 0.4) is 0 Å². The summed E-state index contributed by atoms with van der Waals surface area (Å²) in [5, 5.41) is 2.86. The third-order valence-corrected chi connectivity index (χ3v) is 6.13. The average Bonchev–Trinajstić information content (AvgIpc) is 2.74. The van der Waals surface area contributed by atoms with Gasteiger partial charge in [0.15, 0.2) is 0 Å². The molecule has 0 saturated carbocycles. The molecule has 0 aliphatic heterocycles. The van der Waals surface area contributed by atoms with Crippen LogP contribution >= 0.6 is 0 Å². The van der Waals surface area contributed by atoms with E-state index in [4.69, 9.17) is 0 Å². The molecule has 3 rings (SSSR count). The molecule has 0 aliphatic rings. The molecule has 0 radical (unpaired) electrons. The van der Waals surface area contributed by atoms with Crippen LogP contribution in [-0.4, -0.2) is 20.4 Å². The fourth-order valence-electron chi connectivity index (χ4n) is 2.78. The van der Waals surface area contributed by atoms with Gasteiger partial charge in [-0.1, -0.05) is 31.2 Å². The van der Waals surface area contributed by atoms with Crippen molar-refractivity contribution in [3.05, 3.63) is 84.2 Å². The summed E-state index contributed by atoms with van der Waals surface area (Å²) in [5.41, 5.74) is 2.39. The number of nitrogens with one attached hydrogen (secondary N) is 2. The van der Waals surface area contributed by atoms with Gasteiger partial charge in [0.05, 0.1) is 4.90 Å². The van der Waals surface area contributed by atoms with Crippen LogP contribution in [0.4, 0.5) is 10.1 Å². The first kappa shape index (κ1) is 21.5. The van der Waals surface area contributed by atoms with Crippen molar-refractivity contribution in [2.45, 2.75) is 31.2 Å². The minimum Gasteiger partial charge on any atom is -0.350 e. The third kappa shape index (κ3) is 5.24. The Morgan fingerprint density at radius 3 is 1.97 bits per heavy atom. The van der Waals surface area contributed by atoms with Crippen molar-refractivity contribution >= 4 is 21.6 Å². The van der Waals surface area contributed by atoms with Crippen LogP contribution in [0.25, 0.3) is 11.1 Å². The number of halogens is 1. The Kier molecular flexibility index (Phi) is 6.52. The van der Waals surface area contributed by atoms with E-state index in [0.29, 0.717) is 11.3 Å². The summed E-state index contributed by atoms with van der Waals surface area (Å²) in [7, 11) is -3.79. The second kappa shape index (κ2) is 9.09. The van der Waals surface area contributed by atoms with E-state index in [2.05, 4.69) is 10.0 Å². The van der Waals surface area contributed by atoms with Crippen LogP contribution in [0.5, 0.6) is 0 Å². The number of sulfonamides is 1. The van der Waals surface area contributed by atoms with Crippen LogP contribution in [0.1, 0.15) is 30.6 Å². The third-order valence-electron chi connectivity index (χ3n) is 4.73. The number of hydrogen-bond donors (Lipinski definition) is 2. The highest BCUT2D eigenvalue weighted by Crippen LogP contribution is 2.23. The lowest BCUT2D eigenvalue weighted by Gasteiger charge is -2.12. The molecule has 7 heteroatoms. The van der Waals surface area contributed by atoms with Crippen molar-refractivity contribution < 1.29 is 17.6 Å². The standard InChI is InChI=1S/C23H23FN2O3S/c1-3-16(2)25-23(27)19-6-12-21(13-7-19)26-30(28,29)22-14-8-18(9-15-22)17-4-10-20(24)11-5-17/h4-16,26H,3H2,1-2H3,(H,25,27). The van der Waals surface area contributed by atoms with Gasteiger partial charge >= 0.3 is 0 Å². The van der Waals surface area contributed by atoms with Crippen molar-refractivity contribution in [1.82, 2.24) is 5.32 Å². The fraction of sp³-hybridized carbons (Fsp3) is 0.174. The molecule has 30 heavy (non-hydrogen) atoms. The quantitative estimate of drug-likeness (QED) is 0.569. The zero-order chi connectivity index (χ0) is 21.7. The molecular formula is C23H23FN2O3S. The molecule has 3 aromatic rings. The van der Waals surface area contributed by atoms with Crippen molar-refractivity contribution in [3.63, 3.8) is 0 Å². The zero-order valence-electron chi connectivity index (χ0n) is 16.7. The molecule has 1 unspecified atom stereocenters. The maximum absolute atomic E-state index is 13.1. The van der Waals surface area contributed by atoms with Crippen molar-refractivity contribution in [2.75, 3.05) is 4.72 Å². The van der Waals surface area contributed by atoms with E-state index < -0.39 is 10.0 Å². The molecule has 0 saturated heterocycles. The summed E-state index contributed by atoms with van der Waals surface area (Å²) in [6.45, 7) is 3.90. The molecule has 156 valence electrons. The van der Waals surface area contributed by atoms with Gasteiger partial charge < -0.3 is 5.32 Å². The normalized spacial score (nSPS) is 12.2. The van der Waals surface area contributed by atoms with Crippen molar-refractivity contribution in [2.24, 2.45) is 0 Å². The van der Waals surface area contributed by atoms with E-state index in [-0.39, 0.29) is 22.7 Å². The smallest absolute Gasteiger partial charge is 0.261 e. The molecule has 1 atom stereocenters. The van der Waals surface area contributed by atoms with Gasteiger partial charge in [0.25, 0.3) is 15.9 Å². The summed E-state index contributed by atoms with van der Waals surface area (Å²) >= 11 is 0. The Bertz CT molecular complexity index is 1110. The largest absolute Gasteiger partial charge is 0.350 e. The van der Waals surface area contributed by atoms with Gasteiger partial charge in [-0.05, 0) is 73.0 Å². The predicted octanol–water partition coefficient (Wildman–Crippen LogP) is 4.82. The molecule has 0 aromatic heterocycles. The first-order chi connectivity index (χ1) is 14.3. The van der Waals surface area contributed by atoms with Crippen LogP contribution in [0.15, 0.2) is 77.7 Å². The number of carbonyl (C=O) groups is 1. The lowest BCUT2D eigenvalue weighted by molar-refractivity contribution is 0.0939. The van der Waals surface area contributed by atoms with Crippen LogP contribution in [0.2, 0.25) is 0 Å². The Balaban J connectivity index is 1.71. The Labute approximate surface area is 176 Å². The van der Waals surface area contributed by atoms with Gasteiger partial charge in [0, 0.05) is 17.3 Å². The van der Waals surface area contributed by atoms with Crippen molar-refractivity contribution in [3.8, 4) is 11.1 Å². The fourth-order valence-corrected chi connectivity index (χ4v) is 3.84. The van der Waals surface area contributed by atoms with Gasteiger partial charge in [-0.3, -0.25) is 9.52 Å². The van der Waals surface area contributed by atoms with Crippen LogP contribution in [0, 0.1) is 5.82 Å². The maximum Gasteiger partial charge on any atom is 0.261 e. The second-order valence-electron chi connectivity index (χ2n) is 7.00. The summed E-state index contributed by atoms with van der Waals surface area (Å²) in [4.78, 5) is 12.2. The zero-order valence-corrected chi connectivity index (χ0v) is 17.5. The van der Waals surface area contributed by atoms with Gasteiger partial charge in [-0.2, -0.15) is 0 Å². The summed E-state index contributed by atoms with van der Waals surface area (Å²) in [6, 6.07) is 18.6. The lowest BCUT2D eigenvalue weighted by atomic mass is 10.1. The van der Waals surface area contributed by atoms with E-state index in [1.807, 2.05) is 13.8 Å². The number of rotatable bonds is 7. The molecule has 3 aromatic carbocycles. The SMILES string of the molecule is CCC(C)NC(=O)c1ccc(NS(=O)(=O)c2ccc(-c3ccc(F)cc3)cc2)cc1. The van der Waals surface area contributed by atoms with Gasteiger partial charge in [-0.25, -0.2) is 12.8 Å². The molecule has 5 nitrogen and oxygen atoms in total. The van der Waals surface area contributed by atoms with Crippen molar-refractivity contribution in [1.29, 1.82) is 0 Å². The molecular weight excluding hydrogens is 403 g/mol. The maximum atomic E-state index is 13.1. The molecule has 2 N–H and O–H groups in total. The predicted molar refractivity (Wildman–Crippen MR) is 116 cm³/mol. The molecule has 0 spiro atoms. The average molecular weight is 427 g/mol. The highest BCUT2D eigenvalue weighted by molar-refractivity contribution is 7.92. The monoisotopic (exact) mass is 426 g/mol. The molecule has 1 amide bonds. The van der Waals surface area contributed by atoms with Gasteiger partial charge in [0.2, 0.25) is 0 Å². The number of carbonyl (C=O) groups excluding carboxylic acids is 1. The van der Waals surface area contributed by atoms with E-state index >= 15 is 0 Å². The van der Waals surface area contributed by atoms with Gasteiger partial charge in [-0.15, -0.1) is 0 Å². The number of amides is 1. The van der Waals surface area contributed by atoms with E-state index in [9.17, 15) is 17.6 Å². The number of hydrogen-bond acceptors (Lipinski definition) is 3. The van der Waals surface area contributed by atoms with Gasteiger partial charge in [0.1, 0.15) is 5.82 Å². The number of benzene rings is 3.